The van der Waals surface area contributed by atoms with Gasteiger partial charge in [-0.3, -0.25) is 13.9 Å². The minimum Gasteiger partial charge on any atom is -0.378 e. The molecule has 1 aliphatic heterocycles. The molecule has 1 atom stereocenters. The second-order valence-corrected chi connectivity index (χ2v) is 5.70. The lowest BCUT2D eigenvalue weighted by Gasteiger charge is -2.08. The molecule has 0 saturated carbocycles. The molecule has 1 aromatic carbocycles. The maximum Gasteiger partial charge on any atom is 0.328 e. The fourth-order valence-electron chi connectivity index (χ4n) is 2.99. The zero-order valence-electron chi connectivity index (χ0n) is 12.5. The second-order valence-electron chi connectivity index (χ2n) is 5.70. The molecule has 1 unspecified atom stereocenters. The minimum atomic E-state index is -0.0750. The highest BCUT2D eigenvalue weighted by Crippen LogP contribution is 2.20. The molecule has 0 amide bonds. The third-order valence-corrected chi connectivity index (χ3v) is 4.31. The summed E-state index contributed by atoms with van der Waals surface area (Å²) in [6.45, 7) is 0.816. The molecule has 1 fully saturated rings. The molecule has 2 aromatic rings. The molecule has 1 aromatic heterocycles. The number of aromatic nitrogens is 2. The summed E-state index contributed by atoms with van der Waals surface area (Å²) in [5, 5.41) is 0. The molecule has 5 nitrogen and oxygen atoms in total. The average molecular weight is 288 g/mol. The van der Waals surface area contributed by atoms with Gasteiger partial charge in [0.15, 0.2) is 5.78 Å². The Morgan fingerprint density at radius 2 is 2.05 bits per heavy atom. The van der Waals surface area contributed by atoms with E-state index in [-0.39, 0.29) is 17.6 Å². The first-order valence-corrected chi connectivity index (χ1v) is 7.38. The number of fused-ring (bicyclic) bond motifs is 1. The van der Waals surface area contributed by atoms with E-state index < -0.39 is 0 Å². The van der Waals surface area contributed by atoms with Gasteiger partial charge < -0.3 is 4.74 Å². The van der Waals surface area contributed by atoms with Gasteiger partial charge in [-0.05, 0) is 37.5 Å². The zero-order valence-corrected chi connectivity index (χ0v) is 12.5. The van der Waals surface area contributed by atoms with Crippen molar-refractivity contribution in [3.63, 3.8) is 0 Å². The quantitative estimate of drug-likeness (QED) is 0.809. The Morgan fingerprint density at radius 3 is 2.76 bits per heavy atom. The van der Waals surface area contributed by atoms with Gasteiger partial charge in [-0.2, -0.15) is 0 Å². The van der Waals surface area contributed by atoms with Crippen molar-refractivity contribution >= 4 is 16.8 Å². The maximum absolute atomic E-state index is 12.3. The number of carbonyl (C=O) groups excluding carboxylic acids is 1. The molecule has 2 heterocycles. The summed E-state index contributed by atoms with van der Waals surface area (Å²) in [6.07, 6.45) is 3.66. The van der Waals surface area contributed by atoms with E-state index in [9.17, 15) is 9.59 Å². The number of imidazole rings is 1. The molecular formula is C16H20N2O3. The van der Waals surface area contributed by atoms with Crippen LogP contribution in [0.15, 0.2) is 23.0 Å². The Morgan fingerprint density at radius 1 is 1.29 bits per heavy atom. The summed E-state index contributed by atoms with van der Waals surface area (Å²) < 4.78 is 8.72. The van der Waals surface area contributed by atoms with Gasteiger partial charge in [0.1, 0.15) is 0 Å². The van der Waals surface area contributed by atoms with Gasteiger partial charge >= 0.3 is 5.69 Å². The summed E-state index contributed by atoms with van der Waals surface area (Å²) in [4.78, 5) is 24.2. The Bertz CT molecular complexity index is 736. The van der Waals surface area contributed by atoms with Crippen LogP contribution in [0.25, 0.3) is 11.0 Å². The first-order valence-electron chi connectivity index (χ1n) is 7.38. The van der Waals surface area contributed by atoms with E-state index in [2.05, 4.69) is 0 Å². The zero-order chi connectivity index (χ0) is 15.0. The lowest BCUT2D eigenvalue weighted by Crippen LogP contribution is -2.19. The number of ether oxygens (including phenoxy) is 1. The molecule has 112 valence electrons. The summed E-state index contributed by atoms with van der Waals surface area (Å²) in [7, 11) is 3.47. The van der Waals surface area contributed by atoms with Crippen LogP contribution in [0.5, 0.6) is 0 Å². The molecule has 3 rings (SSSR count). The van der Waals surface area contributed by atoms with Crippen molar-refractivity contribution < 1.29 is 9.53 Å². The molecule has 0 N–H and O–H groups in total. The highest BCUT2D eigenvalue weighted by atomic mass is 16.5. The summed E-state index contributed by atoms with van der Waals surface area (Å²) in [6, 6.07) is 5.46. The number of benzene rings is 1. The van der Waals surface area contributed by atoms with Crippen LogP contribution in [0.1, 0.15) is 36.0 Å². The monoisotopic (exact) mass is 288 g/mol. The van der Waals surface area contributed by atoms with Crippen molar-refractivity contribution in [3.8, 4) is 0 Å². The van der Waals surface area contributed by atoms with Crippen LogP contribution >= 0.6 is 0 Å². The minimum absolute atomic E-state index is 0.0750. The Balaban J connectivity index is 1.81. The number of hydrogen-bond acceptors (Lipinski definition) is 3. The largest absolute Gasteiger partial charge is 0.378 e. The second kappa shape index (κ2) is 5.48. The normalized spacial score (nSPS) is 18.5. The van der Waals surface area contributed by atoms with E-state index in [1.807, 2.05) is 12.1 Å². The highest BCUT2D eigenvalue weighted by Gasteiger charge is 2.18. The molecule has 1 saturated heterocycles. The molecule has 0 radical (unpaired) electrons. The van der Waals surface area contributed by atoms with E-state index in [1.54, 1.807) is 29.3 Å². The van der Waals surface area contributed by atoms with Gasteiger partial charge in [-0.15, -0.1) is 0 Å². The highest BCUT2D eigenvalue weighted by molar-refractivity contribution is 5.99. The van der Waals surface area contributed by atoms with Crippen LogP contribution in [-0.4, -0.2) is 27.6 Å². The Labute approximate surface area is 123 Å². The average Bonchev–Trinajstić information content (AvgIpc) is 3.09. The molecule has 0 aliphatic carbocycles. The van der Waals surface area contributed by atoms with E-state index in [0.29, 0.717) is 12.0 Å². The van der Waals surface area contributed by atoms with Crippen molar-refractivity contribution in [2.75, 3.05) is 6.61 Å². The van der Waals surface area contributed by atoms with Crippen molar-refractivity contribution in [1.82, 2.24) is 9.13 Å². The summed E-state index contributed by atoms with van der Waals surface area (Å²) >= 11 is 0. The van der Waals surface area contributed by atoms with E-state index >= 15 is 0 Å². The maximum atomic E-state index is 12.3. The van der Waals surface area contributed by atoms with Crippen LogP contribution in [0.4, 0.5) is 0 Å². The fourth-order valence-corrected chi connectivity index (χ4v) is 2.99. The SMILES string of the molecule is Cn1c(=O)n(C)c2cc(C(=O)CCC3CCCO3)ccc21. The van der Waals surface area contributed by atoms with Crippen molar-refractivity contribution in [2.24, 2.45) is 14.1 Å². The van der Waals surface area contributed by atoms with Crippen LogP contribution in [-0.2, 0) is 18.8 Å². The first-order chi connectivity index (χ1) is 10.1. The van der Waals surface area contributed by atoms with Crippen molar-refractivity contribution in [1.29, 1.82) is 0 Å². The van der Waals surface area contributed by atoms with Crippen LogP contribution in [0.2, 0.25) is 0 Å². The fraction of sp³-hybridized carbons (Fsp3) is 0.500. The third kappa shape index (κ3) is 2.53. The number of carbonyl (C=O) groups is 1. The molecular weight excluding hydrogens is 268 g/mol. The number of aryl methyl sites for hydroxylation is 2. The first kappa shape index (κ1) is 14.1. The molecule has 0 spiro atoms. The predicted molar refractivity (Wildman–Crippen MR) is 80.7 cm³/mol. The Hall–Kier alpha value is -1.88. The molecule has 0 bridgehead atoms. The molecule has 21 heavy (non-hydrogen) atoms. The van der Waals surface area contributed by atoms with E-state index in [4.69, 9.17) is 4.74 Å². The topological polar surface area (TPSA) is 53.2 Å². The van der Waals surface area contributed by atoms with Crippen LogP contribution in [0, 0.1) is 0 Å². The van der Waals surface area contributed by atoms with Crippen molar-refractivity contribution in [3.05, 3.63) is 34.2 Å². The smallest absolute Gasteiger partial charge is 0.328 e. The summed E-state index contributed by atoms with van der Waals surface area (Å²) in [5.41, 5.74) is 2.24. The van der Waals surface area contributed by atoms with E-state index in [0.717, 1.165) is 36.9 Å². The Kier molecular flexibility index (Phi) is 3.68. The number of hydrogen-bond donors (Lipinski definition) is 0. The number of nitrogens with zero attached hydrogens (tertiary/aromatic N) is 2. The van der Waals surface area contributed by atoms with Gasteiger partial charge in [0, 0.05) is 32.7 Å². The van der Waals surface area contributed by atoms with Crippen molar-refractivity contribution in [2.45, 2.75) is 31.8 Å². The van der Waals surface area contributed by atoms with Gasteiger partial charge in [0.2, 0.25) is 0 Å². The lowest BCUT2D eigenvalue weighted by atomic mass is 10.0. The molecule has 1 aliphatic rings. The number of Topliss-reactive ketones (excluding diaryl/α,β-unsaturated/α-hetero) is 1. The third-order valence-electron chi connectivity index (χ3n) is 4.31. The lowest BCUT2D eigenvalue weighted by molar-refractivity contribution is 0.0859. The summed E-state index contributed by atoms with van der Waals surface area (Å²) in [5.74, 6) is 0.115. The van der Waals surface area contributed by atoms with Gasteiger partial charge in [-0.25, -0.2) is 4.79 Å². The standard InChI is InChI=1S/C16H20N2O3/c1-17-13-7-5-11(10-14(13)18(2)16(17)20)15(19)8-6-12-4-3-9-21-12/h5,7,10,12H,3-4,6,8-9H2,1-2H3. The van der Waals surface area contributed by atoms with E-state index in [1.165, 1.54) is 0 Å². The predicted octanol–water partition coefficient (Wildman–Crippen LogP) is 2.02. The number of rotatable bonds is 4. The van der Waals surface area contributed by atoms with Gasteiger partial charge in [0.05, 0.1) is 17.1 Å². The van der Waals surface area contributed by atoms with Crippen LogP contribution in [0.3, 0.4) is 0 Å². The molecule has 5 heteroatoms. The van der Waals surface area contributed by atoms with Gasteiger partial charge in [-0.1, -0.05) is 0 Å². The number of ketones is 1. The van der Waals surface area contributed by atoms with Crippen LogP contribution < -0.4 is 5.69 Å². The van der Waals surface area contributed by atoms with Gasteiger partial charge in [0.25, 0.3) is 0 Å².